The number of benzene rings is 1. The summed E-state index contributed by atoms with van der Waals surface area (Å²) < 4.78 is 22.9. The highest BCUT2D eigenvalue weighted by Crippen LogP contribution is 2.08. The van der Waals surface area contributed by atoms with E-state index in [4.69, 9.17) is 11.6 Å². The molecule has 0 radical (unpaired) electrons. The van der Waals surface area contributed by atoms with Gasteiger partial charge in [-0.05, 0) is 11.6 Å². The summed E-state index contributed by atoms with van der Waals surface area (Å²) in [6, 6.07) is 6.54. The summed E-state index contributed by atoms with van der Waals surface area (Å²) in [5, 5.41) is 0. The fourth-order valence-electron chi connectivity index (χ4n) is 1.20. The number of sulfone groups is 1. The average molecular weight is 247 g/mol. The number of aldehydes is 1. The van der Waals surface area contributed by atoms with Crippen molar-refractivity contribution in [2.75, 3.05) is 11.6 Å². The van der Waals surface area contributed by atoms with Crippen LogP contribution in [0.4, 0.5) is 0 Å². The van der Waals surface area contributed by atoms with Crippen LogP contribution in [-0.4, -0.2) is 26.3 Å². The number of carbonyl (C=O) groups is 1. The number of carbonyl (C=O) groups excluding carboxylic acids is 1. The molecule has 0 aliphatic rings. The van der Waals surface area contributed by atoms with Crippen molar-refractivity contribution < 1.29 is 13.2 Å². The SMILES string of the molecule is O=Cc1cccc(CS(=O)(=O)CCCl)c1. The number of alkyl halides is 1. The van der Waals surface area contributed by atoms with Crippen LogP contribution in [0.2, 0.25) is 0 Å². The van der Waals surface area contributed by atoms with E-state index in [9.17, 15) is 13.2 Å². The molecule has 0 amide bonds. The molecule has 0 heterocycles. The minimum Gasteiger partial charge on any atom is -0.298 e. The second-order valence-electron chi connectivity index (χ2n) is 3.14. The molecule has 0 aliphatic heterocycles. The normalized spacial score (nSPS) is 11.3. The zero-order valence-corrected chi connectivity index (χ0v) is 9.59. The Balaban J connectivity index is 2.85. The van der Waals surface area contributed by atoms with E-state index in [2.05, 4.69) is 0 Å². The predicted octanol–water partition coefficient (Wildman–Crippen LogP) is 1.65. The molecular formula is C10H11ClO3S. The van der Waals surface area contributed by atoms with Gasteiger partial charge >= 0.3 is 0 Å². The second-order valence-corrected chi connectivity index (χ2v) is 5.71. The number of hydrogen-bond donors (Lipinski definition) is 0. The van der Waals surface area contributed by atoms with Gasteiger partial charge in [0.1, 0.15) is 6.29 Å². The molecule has 0 N–H and O–H groups in total. The van der Waals surface area contributed by atoms with Gasteiger partial charge in [-0.25, -0.2) is 8.42 Å². The molecule has 15 heavy (non-hydrogen) atoms. The minimum atomic E-state index is -3.16. The van der Waals surface area contributed by atoms with Gasteiger partial charge in [-0.3, -0.25) is 4.79 Å². The highest BCUT2D eigenvalue weighted by atomic mass is 35.5. The van der Waals surface area contributed by atoms with Crippen molar-refractivity contribution in [3.8, 4) is 0 Å². The maximum Gasteiger partial charge on any atom is 0.155 e. The van der Waals surface area contributed by atoms with Crippen molar-refractivity contribution >= 4 is 27.7 Å². The van der Waals surface area contributed by atoms with Crippen LogP contribution in [-0.2, 0) is 15.6 Å². The van der Waals surface area contributed by atoms with E-state index in [1.165, 1.54) is 0 Å². The van der Waals surface area contributed by atoms with Gasteiger partial charge in [0.05, 0.1) is 11.5 Å². The molecule has 82 valence electrons. The highest BCUT2D eigenvalue weighted by Gasteiger charge is 2.11. The first-order chi connectivity index (χ1) is 7.07. The third kappa shape index (κ3) is 4.01. The number of hydrogen-bond acceptors (Lipinski definition) is 3. The Morgan fingerprint density at radius 1 is 1.33 bits per heavy atom. The van der Waals surface area contributed by atoms with Crippen molar-refractivity contribution in [1.82, 2.24) is 0 Å². The molecule has 0 saturated heterocycles. The van der Waals surface area contributed by atoms with E-state index in [-0.39, 0.29) is 17.4 Å². The van der Waals surface area contributed by atoms with Gasteiger partial charge in [0, 0.05) is 11.4 Å². The molecule has 5 heteroatoms. The molecule has 0 unspecified atom stereocenters. The van der Waals surface area contributed by atoms with Crippen LogP contribution in [0.25, 0.3) is 0 Å². The predicted molar refractivity (Wildman–Crippen MR) is 60.0 cm³/mol. The van der Waals surface area contributed by atoms with E-state index in [1.807, 2.05) is 0 Å². The Labute approximate surface area is 94.0 Å². The van der Waals surface area contributed by atoms with Crippen molar-refractivity contribution in [1.29, 1.82) is 0 Å². The monoisotopic (exact) mass is 246 g/mol. The lowest BCUT2D eigenvalue weighted by atomic mass is 10.2. The molecule has 0 atom stereocenters. The highest BCUT2D eigenvalue weighted by molar-refractivity contribution is 7.90. The largest absolute Gasteiger partial charge is 0.298 e. The molecule has 0 spiro atoms. The summed E-state index contributed by atoms with van der Waals surface area (Å²) in [6.07, 6.45) is 0.692. The molecule has 1 aromatic carbocycles. The lowest BCUT2D eigenvalue weighted by Gasteiger charge is -2.02. The first kappa shape index (κ1) is 12.2. The maximum absolute atomic E-state index is 11.4. The van der Waals surface area contributed by atoms with Crippen LogP contribution in [0.3, 0.4) is 0 Å². The summed E-state index contributed by atoms with van der Waals surface area (Å²) in [4.78, 5) is 10.5. The maximum atomic E-state index is 11.4. The van der Waals surface area contributed by atoms with E-state index in [1.54, 1.807) is 24.3 Å². The van der Waals surface area contributed by atoms with Crippen molar-refractivity contribution in [3.05, 3.63) is 35.4 Å². The molecular weight excluding hydrogens is 236 g/mol. The quantitative estimate of drug-likeness (QED) is 0.586. The van der Waals surface area contributed by atoms with Crippen molar-refractivity contribution in [2.24, 2.45) is 0 Å². The van der Waals surface area contributed by atoms with Crippen LogP contribution in [0, 0.1) is 0 Å². The third-order valence-electron chi connectivity index (χ3n) is 1.86. The molecule has 3 nitrogen and oxygen atoms in total. The number of rotatable bonds is 5. The van der Waals surface area contributed by atoms with Gasteiger partial charge in [0.25, 0.3) is 0 Å². The molecule has 0 bridgehead atoms. The van der Waals surface area contributed by atoms with Gasteiger partial charge in [0.15, 0.2) is 9.84 Å². The lowest BCUT2D eigenvalue weighted by molar-refractivity contribution is 0.112. The number of halogens is 1. The fourth-order valence-corrected chi connectivity index (χ4v) is 2.97. The van der Waals surface area contributed by atoms with Crippen LogP contribution < -0.4 is 0 Å². The van der Waals surface area contributed by atoms with Gasteiger partial charge in [-0.2, -0.15) is 0 Å². The Morgan fingerprint density at radius 2 is 2.07 bits per heavy atom. The topological polar surface area (TPSA) is 51.2 Å². The first-order valence-electron chi connectivity index (χ1n) is 4.38. The van der Waals surface area contributed by atoms with Crippen LogP contribution in [0.5, 0.6) is 0 Å². The lowest BCUT2D eigenvalue weighted by Crippen LogP contribution is -2.10. The molecule has 0 aromatic heterocycles. The van der Waals surface area contributed by atoms with Crippen LogP contribution >= 0.6 is 11.6 Å². The van der Waals surface area contributed by atoms with Crippen molar-refractivity contribution in [2.45, 2.75) is 5.75 Å². The van der Waals surface area contributed by atoms with Gasteiger partial charge in [-0.1, -0.05) is 18.2 Å². The average Bonchev–Trinajstić information content (AvgIpc) is 2.17. The third-order valence-corrected chi connectivity index (χ3v) is 3.87. The van der Waals surface area contributed by atoms with Gasteiger partial charge < -0.3 is 0 Å². The van der Waals surface area contributed by atoms with E-state index >= 15 is 0 Å². The Morgan fingerprint density at radius 3 is 2.67 bits per heavy atom. The molecule has 1 aromatic rings. The summed E-state index contributed by atoms with van der Waals surface area (Å²) >= 11 is 5.38. The summed E-state index contributed by atoms with van der Waals surface area (Å²) in [7, 11) is -3.16. The molecule has 1 rings (SSSR count). The van der Waals surface area contributed by atoms with E-state index in [0.717, 1.165) is 0 Å². The molecule has 0 saturated carbocycles. The fraction of sp³-hybridized carbons (Fsp3) is 0.300. The Kier molecular flexibility index (Phi) is 4.29. The van der Waals surface area contributed by atoms with Crippen LogP contribution in [0.15, 0.2) is 24.3 Å². The zero-order chi connectivity index (χ0) is 11.3. The summed E-state index contributed by atoms with van der Waals surface area (Å²) in [6.45, 7) is 0. The summed E-state index contributed by atoms with van der Waals surface area (Å²) in [5.41, 5.74) is 1.10. The molecule has 0 aliphatic carbocycles. The standard InChI is InChI=1S/C10H11ClO3S/c11-4-5-15(13,14)8-10-3-1-2-9(6-10)7-12/h1-3,6-7H,4-5,8H2. The summed E-state index contributed by atoms with van der Waals surface area (Å²) in [5.74, 6) is -0.0169. The minimum absolute atomic E-state index is 0.0418. The van der Waals surface area contributed by atoms with Crippen molar-refractivity contribution in [3.63, 3.8) is 0 Å². The zero-order valence-electron chi connectivity index (χ0n) is 8.02. The van der Waals surface area contributed by atoms with Crippen LogP contribution in [0.1, 0.15) is 15.9 Å². The second kappa shape index (κ2) is 5.28. The van der Waals surface area contributed by atoms with E-state index < -0.39 is 9.84 Å². The van der Waals surface area contributed by atoms with Gasteiger partial charge in [0.2, 0.25) is 0 Å². The Bertz CT molecular complexity index is 440. The van der Waals surface area contributed by atoms with Gasteiger partial charge in [-0.15, -0.1) is 11.6 Å². The van der Waals surface area contributed by atoms with E-state index in [0.29, 0.717) is 17.4 Å². The smallest absolute Gasteiger partial charge is 0.155 e. The Hall–Kier alpha value is -0.870. The first-order valence-corrected chi connectivity index (χ1v) is 6.73. The molecule has 0 fully saturated rings.